The Balaban J connectivity index is 1.23. The SMILES string of the molecule is CN1CC[C@@](O)(c2cncc(-c3ccn(-c4ccnc(Nc5cn(CC(F)F)nc5OC5CC5)n4)n3)c2)C1=O. The average Bonchev–Trinajstić information content (AvgIpc) is 3.35. The Morgan fingerprint density at radius 3 is 2.85 bits per heavy atom. The van der Waals surface area contributed by atoms with Crippen molar-refractivity contribution in [3.63, 3.8) is 0 Å². The fourth-order valence-electron chi connectivity index (χ4n) is 4.35. The molecular weight excluding hydrogens is 512 g/mol. The quantitative estimate of drug-likeness (QED) is 0.330. The van der Waals surface area contributed by atoms with Crippen LogP contribution in [0.3, 0.4) is 0 Å². The summed E-state index contributed by atoms with van der Waals surface area (Å²) in [4.78, 5) is 27.0. The molecule has 1 saturated heterocycles. The van der Waals surface area contributed by atoms with E-state index in [0.717, 1.165) is 17.5 Å². The minimum atomic E-state index is -2.56. The number of hydrogen-bond acceptors (Lipinski definition) is 9. The number of halogens is 2. The molecule has 4 aromatic heterocycles. The van der Waals surface area contributed by atoms with Gasteiger partial charge in [-0.2, -0.15) is 10.1 Å². The Bertz CT molecular complexity index is 1520. The average molecular weight is 538 g/mol. The molecule has 12 nitrogen and oxygen atoms in total. The molecule has 0 aromatic carbocycles. The molecule has 1 amide bonds. The third-order valence-electron chi connectivity index (χ3n) is 6.59. The van der Waals surface area contributed by atoms with Crippen molar-refractivity contribution in [3.8, 4) is 23.0 Å². The topological polar surface area (TPSA) is 136 Å². The maximum atomic E-state index is 12.9. The molecule has 1 aliphatic carbocycles. The van der Waals surface area contributed by atoms with E-state index in [1.165, 1.54) is 23.5 Å². The van der Waals surface area contributed by atoms with E-state index in [2.05, 4.69) is 30.5 Å². The first-order valence-corrected chi connectivity index (χ1v) is 12.4. The van der Waals surface area contributed by atoms with Crippen LogP contribution in [0.2, 0.25) is 0 Å². The van der Waals surface area contributed by atoms with Gasteiger partial charge in [0.2, 0.25) is 5.95 Å². The van der Waals surface area contributed by atoms with Gasteiger partial charge >= 0.3 is 0 Å². The second-order valence-electron chi connectivity index (χ2n) is 9.59. The van der Waals surface area contributed by atoms with Gasteiger partial charge in [0.05, 0.1) is 11.9 Å². The van der Waals surface area contributed by atoms with Gasteiger partial charge in [0, 0.05) is 62.0 Å². The summed E-state index contributed by atoms with van der Waals surface area (Å²) < 4.78 is 34.2. The normalized spacial score (nSPS) is 19.2. The summed E-state index contributed by atoms with van der Waals surface area (Å²) in [7, 11) is 1.65. The first-order chi connectivity index (χ1) is 18.8. The lowest BCUT2D eigenvalue weighted by atomic mass is 9.92. The Morgan fingerprint density at radius 2 is 2.10 bits per heavy atom. The van der Waals surface area contributed by atoms with E-state index in [1.54, 1.807) is 42.3 Å². The van der Waals surface area contributed by atoms with Gasteiger partial charge in [0.1, 0.15) is 18.3 Å². The fraction of sp³-hybridized carbons (Fsp3) is 0.360. The van der Waals surface area contributed by atoms with Crippen molar-refractivity contribution in [2.45, 2.75) is 43.9 Å². The Labute approximate surface area is 221 Å². The van der Waals surface area contributed by atoms with Gasteiger partial charge in [-0.3, -0.25) is 14.5 Å². The maximum Gasteiger partial charge on any atom is 0.259 e. The zero-order valence-electron chi connectivity index (χ0n) is 20.9. The Morgan fingerprint density at radius 1 is 1.26 bits per heavy atom. The monoisotopic (exact) mass is 537 g/mol. The standard InChI is InChI=1S/C25H25F2N9O3/c1-34-9-6-25(38,23(34)37)16-10-15(11-28-12-16)18-5-8-36(32-18)21-4-7-29-24(31-21)30-19-13-35(14-20(26)27)33-22(19)39-17-2-3-17/h4-5,7-8,10-13,17,20,38H,2-3,6,9,14H2,1H3,(H,29,30,31)/t25-/m1/s1. The molecule has 0 bridgehead atoms. The molecule has 4 aromatic rings. The summed E-state index contributed by atoms with van der Waals surface area (Å²) in [5.74, 6) is 0.503. The molecule has 0 spiro atoms. The number of aromatic nitrogens is 7. The number of pyridine rings is 1. The lowest BCUT2D eigenvalue weighted by Gasteiger charge is -2.21. The van der Waals surface area contributed by atoms with Gasteiger partial charge in [-0.1, -0.05) is 0 Å². The van der Waals surface area contributed by atoms with Gasteiger partial charge in [0.15, 0.2) is 11.4 Å². The zero-order valence-corrected chi connectivity index (χ0v) is 20.9. The molecule has 1 aliphatic heterocycles. The van der Waals surface area contributed by atoms with E-state index < -0.39 is 18.6 Å². The first-order valence-electron chi connectivity index (χ1n) is 12.4. The van der Waals surface area contributed by atoms with Crippen LogP contribution in [0.1, 0.15) is 24.8 Å². The molecule has 2 fully saturated rings. The minimum absolute atomic E-state index is 0.0246. The highest BCUT2D eigenvalue weighted by molar-refractivity contribution is 5.88. The molecule has 202 valence electrons. The number of amides is 1. The minimum Gasteiger partial charge on any atom is -0.472 e. The third kappa shape index (κ3) is 5.02. The third-order valence-corrected chi connectivity index (χ3v) is 6.59. The number of carbonyl (C=O) groups excluding carboxylic acids is 1. The summed E-state index contributed by atoms with van der Waals surface area (Å²) in [6, 6.07) is 5.13. The first kappa shape index (κ1) is 24.9. The van der Waals surface area contributed by atoms with Gasteiger partial charge < -0.3 is 20.1 Å². The van der Waals surface area contributed by atoms with Crippen LogP contribution in [0.4, 0.5) is 20.4 Å². The van der Waals surface area contributed by atoms with E-state index >= 15 is 0 Å². The summed E-state index contributed by atoms with van der Waals surface area (Å²) >= 11 is 0. The number of carbonyl (C=O) groups is 1. The number of alkyl halides is 2. The predicted octanol–water partition coefficient (Wildman–Crippen LogP) is 2.52. The van der Waals surface area contributed by atoms with E-state index in [0.29, 0.717) is 34.9 Å². The highest BCUT2D eigenvalue weighted by Crippen LogP contribution is 2.34. The number of anilines is 2. The van der Waals surface area contributed by atoms with E-state index in [9.17, 15) is 18.7 Å². The van der Waals surface area contributed by atoms with Gasteiger partial charge in [-0.05, 0) is 25.0 Å². The number of aliphatic hydroxyl groups is 1. The maximum absolute atomic E-state index is 12.9. The fourth-order valence-corrected chi connectivity index (χ4v) is 4.35. The largest absolute Gasteiger partial charge is 0.472 e. The molecule has 1 saturated carbocycles. The van der Waals surface area contributed by atoms with Crippen molar-refractivity contribution in [2.24, 2.45) is 0 Å². The van der Waals surface area contributed by atoms with Gasteiger partial charge in [-0.15, -0.1) is 5.10 Å². The molecular formula is C25H25F2N9O3. The van der Waals surface area contributed by atoms with Crippen LogP contribution in [0, 0.1) is 0 Å². The molecule has 0 unspecified atom stereocenters. The van der Waals surface area contributed by atoms with E-state index in [-0.39, 0.29) is 30.3 Å². The molecule has 2 N–H and O–H groups in total. The summed E-state index contributed by atoms with van der Waals surface area (Å²) in [6.45, 7) is -0.0997. The number of ether oxygens (including phenoxy) is 1. The van der Waals surface area contributed by atoms with Crippen molar-refractivity contribution in [3.05, 3.63) is 54.7 Å². The van der Waals surface area contributed by atoms with Crippen molar-refractivity contribution in [2.75, 3.05) is 18.9 Å². The number of nitrogens with zero attached hydrogens (tertiary/aromatic N) is 8. The zero-order chi connectivity index (χ0) is 27.1. The molecule has 1 atom stereocenters. The summed E-state index contributed by atoms with van der Waals surface area (Å²) in [6.07, 6.45) is 7.31. The van der Waals surface area contributed by atoms with Crippen LogP contribution in [-0.2, 0) is 16.9 Å². The van der Waals surface area contributed by atoms with Crippen molar-refractivity contribution < 1.29 is 23.4 Å². The summed E-state index contributed by atoms with van der Waals surface area (Å²) in [5.41, 5.74) is 0.373. The highest BCUT2D eigenvalue weighted by Gasteiger charge is 2.45. The van der Waals surface area contributed by atoms with E-state index in [4.69, 9.17) is 4.74 Å². The Kier molecular flexibility index (Phi) is 6.17. The van der Waals surface area contributed by atoms with Crippen LogP contribution >= 0.6 is 0 Å². The number of rotatable bonds is 9. The lowest BCUT2D eigenvalue weighted by molar-refractivity contribution is -0.143. The number of likely N-dealkylation sites (tertiary alicyclic amines) is 1. The molecule has 39 heavy (non-hydrogen) atoms. The molecule has 0 radical (unpaired) electrons. The van der Waals surface area contributed by atoms with Crippen LogP contribution in [0.15, 0.2) is 49.2 Å². The van der Waals surface area contributed by atoms with Crippen molar-refractivity contribution in [1.29, 1.82) is 0 Å². The predicted molar refractivity (Wildman–Crippen MR) is 134 cm³/mol. The summed E-state index contributed by atoms with van der Waals surface area (Å²) in [5, 5.41) is 22.7. The van der Waals surface area contributed by atoms with Crippen LogP contribution < -0.4 is 10.1 Å². The molecule has 2 aliphatic rings. The van der Waals surface area contributed by atoms with Crippen molar-refractivity contribution in [1.82, 2.24) is 39.4 Å². The number of hydrogen-bond donors (Lipinski definition) is 2. The molecule has 5 heterocycles. The lowest BCUT2D eigenvalue weighted by Crippen LogP contribution is -2.36. The number of nitrogens with one attached hydrogen (secondary N) is 1. The van der Waals surface area contributed by atoms with Crippen LogP contribution in [0.5, 0.6) is 5.88 Å². The smallest absolute Gasteiger partial charge is 0.259 e. The Hall–Kier alpha value is -4.46. The molecule has 14 heteroatoms. The van der Waals surface area contributed by atoms with Gasteiger partial charge in [-0.25, -0.2) is 18.4 Å². The van der Waals surface area contributed by atoms with Crippen molar-refractivity contribution >= 4 is 17.5 Å². The van der Waals surface area contributed by atoms with Crippen LogP contribution in [-0.4, -0.2) is 76.5 Å². The van der Waals surface area contributed by atoms with Gasteiger partial charge in [0.25, 0.3) is 18.2 Å². The second kappa shape index (κ2) is 9.69. The second-order valence-corrected chi connectivity index (χ2v) is 9.59. The molecule has 6 rings (SSSR count). The number of likely N-dealkylation sites (N-methyl/N-ethyl adjacent to an activating group) is 1. The highest BCUT2D eigenvalue weighted by atomic mass is 19.3. The van der Waals surface area contributed by atoms with Crippen LogP contribution in [0.25, 0.3) is 17.1 Å². The van der Waals surface area contributed by atoms with E-state index in [1.807, 2.05) is 0 Å².